The van der Waals surface area contributed by atoms with E-state index >= 15 is 0 Å². The van der Waals surface area contributed by atoms with Gasteiger partial charge in [0.05, 0.1) is 17.4 Å². The summed E-state index contributed by atoms with van der Waals surface area (Å²) in [7, 11) is 1.76. The summed E-state index contributed by atoms with van der Waals surface area (Å²) >= 11 is 9.36. The van der Waals surface area contributed by atoms with Crippen molar-refractivity contribution in [2.45, 2.75) is 0 Å². The Morgan fingerprint density at radius 2 is 2.18 bits per heavy atom. The molecular formula is C11H9BrClN3O. The Hall–Kier alpha value is -1.33. The third-order valence-electron chi connectivity index (χ3n) is 1.98. The highest BCUT2D eigenvalue weighted by atomic mass is 79.9. The molecule has 1 N–H and O–H groups in total. The van der Waals surface area contributed by atoms with E-state index in [9.17, 15) is 0 Å². The van der Waals surface area contributed by atoms with E-state index in [1.807, 2.05) is 6.07 Å². The van der Waals surface area contributed by atoms with Crippen LogP contribution in [-0.4, -0.2) is 17.0 Å². The molecule has 0 amide bonds. The molecule has 0 aliphatic heterocycles. The molecule has 1 aromatic carbocycles. The van der Waals surface area contributed by atoms with Crippen LogP contribution in [0.3, 0.4) is 0 Å². The van der Waals surface area contributed by atoms with Crippen LogP contribution >= 0.6 is 27.5 Å². The minimum Gasteiger partial charge on any atom is -0.436 e. The van der Waals surface area contributed by atoms with Gasteiger partial charge in [0, 0.05) is 11.5 Å². The third kappa shape index (κ3) is 3.08. The fourth-order valence-electron chi connectivity index (χ4n) is 1.19. The van der Waals surface area contributed by atoms with Crippen molar-refractivity contribution >= 4 is 33.3 Å². The zero-order chi connectivity index (χ0) is 12.3. The van der Waals surface area contributed by atoms with E-state index in [1.165, 1.54) is 6.20 Å². The molecule has 2 rings (SSSR count). The Balaban J connectivity index is 2.25. The number of hydrogen-bond donors (Lipinski definition) is 1. The molecule has 1 aromatic heterocycles. The molecule has 1 heterocycles. The number of benzene rings is 1. The first-order valence-corrected chi connectivity index (χ1v) is 5.99. The van der Waals surface area contributed by atoms with Crippen molar-refractivity contribution in [1.29, 1.82) is 0 Å². The number of anilines is 1. The lowest BCUT2D eigenvalue weighted by Crippen LogP contribution is -1.96. The van der Waals surface area contributed by atoms with Crippen molar-refractivity contribution < 1.29 is 4.74 Å². The third-order valence-corrected chi connectivity index (χ3v) is 2.77. The molecule has 17 heavy (non-hydrogen) atoms. The normalized spacial score (nSPS) is 10.1. The van der Waals surface area contributed by atoms with Crippen molar-refractivity contribution in [2.24, 2.45) is 0 Å². The number of aromatic nitrogens is 2. The van der Waals surface area contributed by atoms with E-state index in [1.54, 1.807) is 25.4 Å². The van der Waals surface area contributed by atoms with Gasteiger partial charge in [-0.3, -0.25) is 4.98 Å². The predicted molar refractivity (Wildman–Crippen MR) is 70.8 cm³/mol. The van der Waals surface area contributed by atoms with Crippen molar-refractivity contribution in [1.82, 2.24) is 9.97 Å². The molecule has 0 atom stereocenters. The highest BCUT2D eigenvalue weighted by Gasteiger charge is 2.05. The first-order chi connectivity index (χ1) is 8.19. The molecule has 2 aromatic rings. The molecule has 0 unspecified atom stereocenters. The summed E-state index contributed by atoms with van der Waals surface area (Å²) in [6.45, 7) is 0. The standard InChI is InChI=1S/C11H9BrClN3O/c1-14-10-5-15-6-11(16-10)17-9-3-2-7(12)4-8(9)13/h2-6H,1H3,(H,14,16). The van der Waals surface area contributed by atoms with Gasteiger partial charge < -0.3 is 10.1 Å². The number of ether oxygens (including phenoxy) is 1. The average molecular weight is 315 g/mol. The van der Waals surface area contributed by atoms with Gasteiger partial charge in [0.25, 0.3) is 0 Å². The first kappa shape index (κ1) is 12.1. The smallest absolute Gasteiger partial charge is 0.239 e. The van der Waals surface area contributed by atoms with E-state index in [4.69, 9.17) is 16.3 Å². The van der Waals surface area contributed by atoms with Gasteiger partial charge in [0.2, 0.25) is 5.88 Å². The van der Waals surface area contributed by atoms with Crippen LogP contribution in [0.1, 0.15) is 0 Å². The lowest BCUT2D eigenvalue weighted by atomic mass is 10.3. The molecule has 0 aliphatic rings. The van der Waals surface area contributed by atoms with E-state index in [2.05, 4.69) is 31.2 Å². The number of halogens is 2. The summed E-state index contributed by atoms with van der Waals surface area (Å²) in [6.07, 6.45) is 3.13. The minimum atomic E-state index is 0.390. The molecule has 0 saturated heterocycles. The van der Waals surface area contributed by atoms with Gasteiger partial charge in [-0.15, -0.1) is 0 Å². The van der Waals surface area contributed by atoms with Crippen molar-refractivity contribution in [2.75, 3.05) is 12.4 Å². The van der Waals surface area contributed by atoms with Crippen molar-refractivity contribution in [3.63, 3.8) is 0 Å². The van der Waals surface area contributed by atoms with Crippen LogP contribution < -0.4 is 10.1 Å². The number of hydrogen-bond acceptors (Lipinski definition) is 4. The first-order valence-electron chi connectivity index (χ1n) is 4.82. The molecule has 4 nitrogen and oxygen atoms in total. The molecule has 0 fully saturated rings. The monoisotopic (exact) mass is 313 g/mol. The summed E-state index contributed by atoms with van der Waals surface area (Å²) in [5, 5.41) is 3.39. The van der Waals surface area contributed by atoms with E-state index in [0.29, 0.717) is 22.5 Å². The van der Waals surface area contributed by atoms with Gasteiger partial charge in [-0.1, -0.05) is 27.5 Å². The molecule has 88 valence electrons. The number of rotatable bonds is 3. The number of nitrogens with zero attached hydrogens (tertiary/aromatic N) is 2. The van der Waals surface area contributed by atoms with Crippen molar-refractivity contribution in [3.05, 3.63) is 40.1 Å². The second-order valence-corrected chi connectivity index (χ2v) is 4.49. The van der Waals surface area contributed by atoms with Crippen LogP contribution in [0.25, 0.3) is 0 Å². The Morgan fingerprint density at radius 1 is 1.35 bits per heavy atom. The Morgan fingerprint density at radius 3 is 2.88 bits per heavy atom. The molecule has 0 bridgehead atoms. The van der Waals surface area contributed by atoms with E-state index in [-0.39, 0.29) is 0 Å². The van der Waals surface area contributed by atoms with Gasteiger partial charge in [-0.05, 0) is 18.2 Å². The van der Waals surface area contributed by atoms with Gasteiger partial charge >= 0.3 is 0 Å². The second kappa shape index (κ2) is 5.33. The highest BCUT2D eigenvalue weighted by Crippen LogP contribution is 2.30. The maximum atomic E-state index is 6.03. The van der Waals surface area contributed by atoms with Crippen LogP contribution in [0.5, 0.6) is 11.6 Å². The largest absolute Gasteiger partial charge is 0.436 e. The Bertz CT molecular complexity index is 536. The molecule has 0 radical (unpaired) electrons. The van der Waals surface area contributed by atoms with Crippen LogP contribution in [0.4, 0.5) is 5.82 Å². The molecular weight excluding hydrogens is 305 g/mol. The summed E-state index contributed by atoms with van der Waals surface area (Å²) in [4.78, 5) is 8.18. The second-order valence-electron chi connectivity index (χ2n) is 3.17. The van der Waals surface area contributed by atoms with Gasteiger partial charge in [-0.25, -0.2) is 0 Å². The highest BCUT2D eigenvalue weighted by molar-refractivity contribution is 9.10. The summed E-state index contributed by atoms with van der Waals surface area (Å²) < 4.78 is 6.43. The predicted octanol–water partition coefficient (Wildman–Crippen LogP) is 3.73. The van der Waals surface area contributed by atoms with Gasteiger partial charge in [0.1, 0.15) is 11.6 Å². The lowest BCUT2D eigenvalue weighted by molar-refractivity contribution is 0.461. The minimum absolute atomic E-state index is 0.390. The molecule has 0 saturated carbocycles. The zero-order valence-electron chi connectivity index (χ0n) is 8.95. The lowest BCUT2D eigenvalue weighted by Gasteiger charge is -2.07. The van der Waals surface area contributed by atoms with Crippen LogP contribution in [0.15, 0.2) is 35.1 Å². The summed E-state index contributed by atoms with van der Waals surface area (Å²) in [5.74, 6) is 1.56. The topological polar surface area (TPSA) is 47.0 Å². The molecule has 0 spiro atoms. The SMILES string of the molecule is CNc1cncc(Oc2ccc(Br)cc2Cl)n1. The van der Waals surface area contributed by atoms with Crippen LogP contribution in [-0.2, 0) is 0 Å². The summed E-state index contributed by atoms with van der Waals surface area (Å²) in [6, 6.07) is 5.36. The maximum Gasteiger partial charge on any atom is 0.239 e. The van der Waals surface area contributed by atoms with Crippen molar-refractivity contribution in [3.8, 4) is 11.6 Å². The average Bonchev–Trinajstić information content (AvgIpc) is 2.33. The maximum absolute atomic E-state index is 6.03. The number of nitrogens with one attached hydrogen (secondary N) is 1. The Kier molecular flexibility index (Phi) is 3.81. The molecule has 6 heteroatoms. The van der Waals surface area contributed by atoms with E-state index in [0.717, 1.165) is 4.47 Å². The fourth-order valence-corrected chi connectivity index (χ4v) is 1.90. The van der Waals surface area contributed by atoms with Crippen LogP contribution in [0.2, 0.25) is 5.02 Å². The fraction of sp³-hybridized carbons (Fsp3) is 0.0909. The van der Waals surface area contributed by atoms with Crippen LogP contribution in [0, 0.1) is 0 Å². The van der Waals surface area contributed by atoms with E-state index < -0.39 is 0 Å². The zero-order valence-corrected chi connectivity index (χ0v) is 11.3. The summed E-state index contributed by atoms with van der Waals surface area (Å²) in [5.41, 5.74) is 0. The van der Waals surface area contributed by atoms with Gasteiger partial charge in [0.15, 0.2) is 0 Å². The molecule has 0 aliphatic carbocycles. The van der Waals surface area contributed by atoms with Gasteiger partial charge in [-0.2, -0.15) is 4.98 Å². The Labute approximate surface area is 112 Å². The quantitative estimate of drug-likeness (QED) is 0.938.